The first-order chi connectivity index (χ1) is 17.3. The van der Waals surface area contributed by atoms with Crippen LogP contribution in [0.2, 0.25) is 5.02 Å². The molecule has 1 aliphatic heterocycles. The Morgan fingerprint density at radius 1 is 1.00 bits per heavy atom. The fraction of sp³-hybridized carbons (Fsp3) is 0.154. The fourth-order valence-electron chi connectivity index (χ4n) is 3.53. The number of imide groups is 1. The molecule has 0 aliphatic carbocycles. The third-order valence-electron chi connectivity index (χ3n) is 5.18. The number of carbonyl (C=O) groups is 2. The Bertz CT molecular complexity index is 1360. The number of halogens is 1. The lowest BCUT2D eigenvalue weighted by Gasteiger charge is -2.13. The zero-order valence-corrected chi connectivity index (χ0v) is 20.8. The van der Waals surface area contributed by atoms with Crippen LogP contribution in [-0.4, -0.2) is 27.6 Å². The van der Waals surface area contributed by atoms with Crippen LogP contribution >= 0.6 is 23.4 Å². The molecular formula is C26H21ClN2O6S. The lowest BCUT2D eigenvalue weighted by molar-refractivity contribution is -0.384. The minimum absolute atomic E-state index is 0.0132. The molecular weight excluding hydrogens is 504 g/mol. The van der Waals surface area contributed by atoms with Crippen molar-refractivity contribution >= 4 is 46.3 Å². The van der Waals surface area contributed by atoms with Gasteiger partial charge in [0.15, 0.2) is 11.5 Å². The molecule has 36 heavy (non-hydrogen) atoms. The van der Waals surface area contributed by atoms with Crippen LogP contribution in [0.3, 0.4) is 0 Å². The number of hydrogen-bond acceptors (Lipinski definition) is 7. The molecule has 0 aromatic heterocycles. The van der Waals surface area contributed by atoms with Crippen LogP contribution in [0.15, 0.2) is 71.6 Å². The number of benzene rings is 3. The van der Waals surface area contributed by atoms with Crippen LogP contribution < -0.4 is 9.47 Å². The minimum atomic E-state index is -0.458. The highest BCUT2D eigenvalue weighted by Gasteiger charge is 2.35. The molecule has 3 aromatic rings. The van der Waals surface area contributed by atoms with Crippen LogP contribution in [0, 0.1) is 10.1 Å². The van der Waals surface area contributed by atoms with Crippen molar-refractivity contribution in [2.24, 2.45) is 0 Å². The topological polar surface area (TPSA) is 99.0 Å². The van der Waals surface area contributed by atoms with E-state index in [1.165, 1.54) is 17.0 Å². The van der Waals surface area contributed by atoms with E-state index >= 15 is 0 Å². The summed E-state index contributed by atoms with van der Waals surface area (Å²) in [5, 5.41) is 11.2. The number of hydrogen-bond donors (Lipinski definition) is 0. The van der Waals surface area contributed by atoms with Crippen LogP contribution in [0.25, 0.3) is 6.08 Å². The molecule has 10 heteroatoms. The van der Waals surface area contributed by atoms with E-state index in [1.54, 1.807) is 60.7 Å². The highest BCUT2D eigenvalue weighted by molar-refractivity contribution is 8.18. The predicted octanol–water partition coefficient (Wildman–Crippen LogP) is 6.46. The number of rotatable bonds is 9. The van der Waals surface area contributed by atoms with Crippen molar-refractivity contribution in [1.29, 1.82) is 0 Å². The van der Waals surface area contributed by atoms with Gasteiger partial charge in [-0.05, 0) is 65.7 Å². The molecule has 2 amide bonds. The van der Waals surface area contributed by atoms with Gasteiger partial charge in [-0.3, -0.25) is 24.6 Å². The third-order valence-corrected chi connectivity index (χ3v) is 6.33. The zero-order chi connectivity index (χ0) is 25.7. The highest BCUT2D eigenvalue weighted by atomic mass is 35.5. The number of nitro benzene ring substituents is 1. The normalized spacial score (nSPS) is 14.4. The summed E-state index contributed by atoms with van der Waals surface area (Å²) >= 11 is 6.89. The Morgan fingerprint density at radius 3 is 2.53 bits per heavy atom. The summed E-state index contributed by atoms with van der Waals surface area (Å²) in [5.74, 6) is 0.526. The summed E-state index contributed by atoms with van der Waals surface area (Å²) in [6.45, 7) is 2.46. The largest absolute Gasteiger partial charge is 0.490 e. The Hall–Kier alpha value is -3.82. The van der Waals surface area contributed by atoms with Gasteiger partial charge in [0.2, 0.25) is 0 Å². The van der Waals surface area contributed by atoms with Gasteiger partial charge in [0, 0.05) is 17.2 Å². The quantitative estimate of drug-likeness (QED) is 0.180. The number of amides is 2. The number of nitro groups is 1. The average Bonchev–Trinajstić information content (AvgIpc) is 3.11. The van der Waals surface area contributed by atoms with Gasteiger partial charge in [0.05, 0.1) is 23.0 Å². The third kappa shape index (κ3) is 6.05. The standard InChI is InChI=1S/C26H21ClN2O6S/c1-2-34-23-13-17(9-10-22(23)35-16-19-6-4-8-21(12-19)29(32)33)14-24-25(30)28(26(31)36-24)15-18-5-3-7-20(27)11-18/h3-14H,2,15-16H2,1H3/b24-14-. The SMILES string of the molecule is CCOc1cc(/C=C2\SC(=O)N(Cc3cccc(Cl)c3)C2=O)ccc1OCc1cccc([N+](=O)[O-])c1. The maximum atomic E-state index is 12.9. The molecule has 0 unspecified atom stereocenters. The van der Waals surface area contributed by atoms with Gasteiger partial charge in [0.1, 0.15) is 6.61 Å². The molecule has 0 atom stereocenters. The summed E-state index contributed by atoms with van der Waals surface area (Å²) in [6.07, 6.45) is 1.63. The highest BCUT2D eigenvalue weighted by Crippen LogP contribution is 2.36. The molecule has 4 rings (SSSR count). The summed E-state index contributed by atoms with van der Waals surface area (Å²) in [5.41, 5.74) is 2.05. The molecule has 0 radical (unpaired) electrons. The van der Waals surface area contributed by atoms with E-state index in [1.807, 2.05) is 6.92 Å². The molecule has 1 fully saturated rings. The van der Waals surface area contributed by atoms with E-state index in [4.69, 9.17) is 21.1 Å². The predicted molar refractivity (Wildman–Crippen MR) is 138 cm³/mol. The Labute approximate surface area is 216 Å². The molecule has 1 saturated heterocycles. The lowest BCUT2D eigenvalue weighted by Crippen LogP contribution is -2.27. The summed E-state index contributed by atoms with van der Waals surface area (Å²) < 4.78 is 11.6. The maximum Gasteiger partial charge on any atom is 0.293 e. The first-order valence-corrected chi connectivity index (χ1v) is 12.2. The number of non-ortho nitro benzene ring substituents is 1. The molecule has 0 saturated carbocycles. The van der Waals surface area contributed by atoms with Gasteiger partial charge in [0.25, 0.3) is 16.8 Å². The molecule has 3 aromatic carbocycles. The van der Waals surface area contributed by atoms with E-state index in [-0.39, 0.29) is 30.0 Å². The van der Waals surface area contributed by atoms with E-state index in [2.05, 4.69) is 0 Å². The van der Waals surface area contributed by atoms with Crippen LogP contribution in [0.1, 0.15) is 23.6 Å². The monoisotopic (exact) mass is 524 g/mol. The van der Waals surface area contributed by atoms with Gasteiger partial charge in [-0.15, -0.1) is 0 Å². The van der Waals surface area contributed by atoms with E-state index in [0.717, 1.165) is 17.3 Å². The Kier molecular flexibility index (Phi) is 7.92. The summed E-state index contributed by atoms with van der Waals surface area (Å²) in [7, 11) is 0. The fourth-order valence-corrected chi connectivity index (χ4v) is 4.58. The van der Waals surface area contributed by atoms with Crippen molar-refractivity contribution in [2.45, 2.75) is 20.1 Å². The molecule has 0 bridgehead atoms. The molecule has 8 nitrogen and oxygen atoms in total. The maximum absolute atomic E-state index is 12.9. The number of ether oxygens (including phenoxy) is 2. The smallest absolute Gasteiger partial charge is 0.293 e. The Balaban J connectivity index is 1.50. The van der Waals surface area contributed by atoms with Gasteiger partial charge in [-0.25, -0.2) is 0 Å². The Morgan fingerprint density at radius 2 is 1.78 bits per heavy atom. The van der Waals surface area contributed by atoms with E-state index < -0.39 is 4.92 Å². The molecule has 184 valence electrons. The molecule has 1 aliphatic rings. The first-order valence-electron chi connectivity index (χ1n) is 11.0. The molecule has 0 N–H and O–H groups in total. The summed E-state index contributed by atoms with van der Waals surface area (Å²) in [4.78, 5) is 37.4. The van der Waals surface area contributed by atoms with Crippen molar-refractivity contribution < 1.29 is 24.0 Å². The second kappa shape index (κ2) is 11.3. The summed E-state index contributed by atoms with van der Waals surface area (Å²) in [6, 6.07) is 18.4. The van der Waals surface area contributed by atoms with Crippen LogP contribution in [0.5, 0.6) is 11.5 Å². The van der Waals surface area contributed by atoms with E-state index in [9.17, 15) is 19.7 Å². The van der Waals surface area contributed by atoms with Crippen molar-refractivity contribution in [2.75, 3.05) is 6.61 Å². The van der Waals surface area contributed by atoms with Crippen molar-refractivity contribution in [3.8, 4) is 11.5 Å². The van der Waals surface area contributed by atoms with Crippen LogP contribution in [0.4, 0.5) is 10.5 Å². The average molecular weight is 525 g/mol. The number of nitrogens with zero attached hydrogens (tertiary/aromatic N) is 2. The van der Waals surface area contributed by atoms with Gasteiger partial charge in [-0.2, -0.15) is 0 Å². The van der Waals surface area contributed by atoms with Crippen molar-refractivity contribution in [1.82, 2.24) is 4.90 Å². The van der Waals surface area contributed by atoms with Crippen LogP contribution in [-0.2, 0) is 17.9 Å². The van der Waals surface area contributed by atoms with Gasteiger partial charge in [-0.1, -0.05) is 41.9 Å². The minimum Gasteiger partial charge on any atom is -0.490 e. The lowest BCUT2D eigenvalue weighted by atomic mass is 10.1. The van der Waals surface area contributed by atoms with E-state index in [0.29, 0.717) is 39.2 Å². The molecule has 0 spiro atoms. The molecule has 1 heterocycles. The zero-order valence-electron chi connectivity index (χ0n) is 19.2. The second-order valence-corrected chi connectivity index (χ2v) is 9.18. The van der Waals surface area contributed by atoms with Crippen molar-refractivity contribution in [3.63, 3.8) is 0 Å². The number of thioether (sulfide) groups is 1. The number of carbonyl (C=O) groups excluding carboxylic acids is 2. The van der Waals surface area contributed by atoms with Gasteiger partial charge < -0.3 is 9.47 Å². The second-order valence-electron chi connectivity index (χ2n) is 7.75. The van der Waals surface area contributed by atoms with Crippen molar-refractivity contribution in [3.05, 3.63) is 103 Å². The first kappa shape index (κ1) is 25.3. The van der Waals surface area contributed by atoms with Gasteiger partial charge >= 0.3 is 0 Å².